The molecule has 2 aromatic rings. The summed E-state index contributed by atoms with van der Waals surface area (Å²) in [5.74, 6) is -0.799. The van der Waals surface area contributed by atoms with Crippen LogP contribution in [0.1, 0.15) is 29.2 Å². The number of carboxylic acids is 1. The van der Waals surface area contributed by atoms with E-state index in [9.17, 15) is 4.79 Å². The van der Waals surface area contributed by atoms with Crippen molar-refractivity contribution in [2.45, 2.75) is 19.4 Å². The SMILES string of the molecule is CC(C)(Nc1nnccc1C(=O)O)c1nccs1. The summed E-state index contributed by atoms with van der Waals surface area (Å²) in [6.07, 6.45) is 3.06. The molecule has 0 aliphatic rings. The Hall–Kier alpha value is -2.02. The van der Waals surface area contributed by atoms with Gasteiger partial charge in [-0.2, -0.15) is 5.10 Å². The van der Waals surface area contributed by atoms with Crippen LogP contribution in [0.25, 0.3) is 0 Å². The van der Waals surface area contributed by atoms with Crippen molar-refractivity contribution in [2.24, 2.45) is 0 Å². The number of nitrogens with one attached hydrogen (secondary N) is 1. The number of nitrogens with zero attached hydrogens (tertiary/aromatic N) is 3. The van der Waals surface area contributed by atoms with Crippen molar-refractivity contribution < 1.29 is 9.90 Å². The molecule has 18 heavy (non-hydrogen) atoms. The van der Waals surface area contributed by atoms with Crippen molar-refractivity contribution in [2.75, 3.05) is 5.32 Å². The molecular formula is C11H12N4O2S. The molecule has 0 aromatic carbocycles. The number of thiazole rings is 1. The Balaban J connectivity index is 2.32. The lowest BCUT2D eigenvalue weighted by Gasteiger charge is -2.24. The van der Waals surface area contributed by atoms with Crippen LogP contribution in [-0.2, 0) is 5.54 Å². The van der Waals surface area contributed by atoms with Crippen LogP contribution in [-0.4, -0.2) is 26.3 Å². The zero-order chi connectivity index (χ0) is 13.2. The predicted octanol–water partition coefficient (Wildman–Crippen LogP) is 1.98. The fourth-order valence-electron chi connectivity index (χ4n) is 1.48. The van der Waals surface area contributed by atoms with Crippen LogP contribution in [0.15, 0.2) is 23.8 Å². The van der Waals surface area contributed by atoms with Gasteiger partial charge in [0.05, 0.1) is 11.7 Å². The lowest BCUT2D eigenvalue weighted by molar-refractivity contribution is 0.0697. The normalized spacial score (nSPS) is 11.2. The maximum atomic E-state index is 11.1. The van der Waals surface area contributed by atoms with E-state index in [1.54, 1.807) is 6.20 Å². The number of rotatable bonds is 4. The van der Waals surface area contributed by atoms with Crippen LogP contribution in [0, 0.1) is 0 Å². The number of anilines is 1. The summed E-state index contributed by atoms with van der Waals surface area (Å²) >= 11 is 1.49. The highest BCUT2D eigenvalue weighted by Crippen LogP contribution is 2.27. The first kappa shape index (κ1) is 12.4. The standard InChI is InChI=1S/C11H12N4O2S/c1-11(2,10-12-5-6-18-10)14-8-7(9(16)17)3-4-13-15-8/h3-6H,1-2H3,(H,14,15)(H,16,17). The monoisotopic (exact) mass is 264 g/mol. The minimum absolute atomic E-state index is 0.0923. The molecule has 0 radical (unpaired) electrons. The highest BCUT2D eigenvalue weighted by Gasteiger charge is 2.26. The van der Waals surface area contributed by atoms with Crippen molar-refractivity contribution >= 4 is 23.1 Å². The number of aromatic nitrogens is 3. The minimum Gasteiger partial charge on any atom is -0.478 e. The third-order valence-electron chi connectivity index (χ3n) is 2.35. The molecule has 2 aromatic heterocycles. The van der Waals surface area contributed by atoms with Crippen molar-refractivity contribution in [3.8, 4) is 0 Å². The Kier molecular flexibility index (Phi) is 3.24. The fraction of sp³-hybridized carbons (Fsp3) is 0.273. The lowest BCUT2D eigenvalue weighted by Crippen LogP contribution is -2.29. The van der Waals surface area contributed by atoms with Crippen molar-refractivity contribution in [1.29, 1.82) is 0 Å². The zero-order valence-electron chi connectivity index (χ0n) is 9.91. The average molecular weight is 264 g/mol. The van der Waals surface area contributed by atoms with E-state index in [0.29, 0.717) is 0 Å². The van der Waals surface area contributed by atoms with Crippen LogP contribution in [0.5, 0.6) is 0 Å². The van der Waals surface area contributed by atoms with E-state index in [-0.39, 0.29) is 11.4 Å². The van der Waals surface area contributed by atoms with Crippen molar-refractivity contribution in [3.63, 3.8) is 0 Å². The molecule has 2 N–H and O–H groups in total. The molecule has 0 atom stereocenters. The molecule has 0 aliphatic carbocycles. The summed E-state index contributed by atoms with van der Waals surface area (Å²) in [6.45, 7) is 3.82. The average Bonchev–Trinajstić information content (AvgIpc) is 2.83. The molecular weight excluding hydrogens is 252 g/mol. The van der Waals surface area contributed by atoms with Gasteiger partial charge in [0.25, 0.3) is 0 Å². The maximum Gasteiger partial charge on any atom is 0.339 e. The van der Waals surface area contributed by atoms with E-state index < -0.39 is 11.5 Å². The molecule has 0 unspecified atom stereocenters. The van der Waals surface area contributed by atoms with Crippen LogP contribution in [0.4, 0.5) is 5.82 Å². The molecule has 7 heteroatoms. The van der Waals surface area contributed by atoms with Gasteiger partial charge in [-0.1, -0.05) is 0 Å². The van der Waals surface area contributed by atoms with E-state index in [1.807, 2.05) is 19.2 Å². The van der Waals surface area contributed by atoms with Crippen molar-refractivity contribution in [1.82, 2.24) is 15.2 Å². The van der Waals surface area contributed by atoms with E-state index >= 15 is 0 Å². The Labute approximate surface area is 108 Å². The van der Waals surface area contributed by atoms with E-state index in [4.69, 9.17) is 5.11 Å². The van der Waals surface area contributed by atoms with Crippen LogP contribution >= 0.6 is 11.3 Å². The molecule has 0 spiro atoms. The van der Waals surface area contributed by atoms with Gasteiger partial charge in [0, 0.05) is 11.6 Å². The quantitative estimate of drug-likeness (QED) is 0.877. The second-order valence-corrected chi connectivity index (χ2v) is 5.08. The Morgan fingerprint density at radius 3 is 2.83 bits per heavy atom. The van der Waals surface area contributed by atoms with E-state index in [2.05, 4.69) is 20.5 Å². The fourth-order valence-corrected chi connectivity index (χ4v) is 2.20. The summed E-state index contributed by atoms with van der Waals surface area (Å²) < 4.78 is 0. The number of hydrogen-bond donors (Lipinski definition) is 2. The van der Waals surface area contributed by atoms with Gasteiger partial charge in [0.1, 0.15) is 10.6 Å². The van der Waals surface area contributed by atoms with Gasteiger partial charge in [-0.25, -0.2) is 9.78 Å². The molecule has 0 saturated carbocycles. The minimum atomic E-state index is -1.04. The highest BCUT2D eigenvalue weighted by atomic mass is 32.1. The topological polar surface area (TPSA) is 88.0 Å². The summed E-state index contributed by atoms with van der Waals surface area (Å²) in [7, 11) is 0. The number of aromatic carboxylic acids is 1. The molecule has 0 bridgehead atoms. The van der Waals surface area contributed by atoms with E-state index in [1.165, 1.54) is 23.6 Å². The molecule has 2 heterocycles. The van der Waals surface area contributed by atoms with Gasteiger partial charge >= 0.3 is 5.97 Å². The Bertz CT molecular complexity index is 554. The van der Waals surface area contributed by atoms with Crippen LogP contribution in [0.2, 0.25) is 0 Å². The Morgan fingerprint density at radius 1 is 1.44 bits per heavy atom. The van der Waals surface area contributed by atoms with Crippen molar-refractivity contribution in [3.05, 3.63) is 34.4 Å². The molecule has 0 fully saturated rings. The second kappa shape index (κ2) is 4.69. The van der Waals surface area contributed by atoms with Gasteiger partial charge in [-0.05, 0) is 19.9 Å². The summed E-state index contributed by atoms with van der Waals surface area (Å²) in [5.41, 5.74) is -0.413. The van der Waals surface area contributed by atoms with Gasteiger partial charge in [0.2, 0.25) is 0 Å². The summed E-state index contributed by atoms with van der Waals surface area (Å²) in [5, 5.41) is 22.4. The van der Waals surface area contributed by atoms with Crippen LogP contribution < -0.4 is 5.32 Å². The van der Waals surface area contributed by atoms with Gasteiger partial charge < -0.3 is 10.4 Å². The van der Waals surface area contributed by atoms with E-state index in [0.717, 1.165) is 5.01 Å². The number of carboxylic acid groups (broad SMARTS) is 1. The van der Waals surface area contributed by atoms with Gasteiger partial charge in [0.15, 0.2) is 5.82 Å². The summed E-state index contributed by atoms with van der Waals surface area (Å²) in [6, 6.07) is 1.41. The molecule has 94 valence electrons. The first-order valence-corrected chi connectivity index (χ1v) is 6.12. The molecule has 0 amide bonds. The first-order valence-electron chi connectivity index (χ1n) is 5.24. The molecule has 0 saturated heterocycles. The predicted molar refractivity (Wildman–Crippen MR) is 67.8 cm³/mol. The number of carbonyl (C=O) groups is 1. The highest BCUT2D eigenvalue weighted by molar-refractivity contribution is 7.09. The largest absolute Gasteiger partial charge is 0.478 e. The maximum absolute atomic E-state index is 11.1. The third kappa shape index (κ3) is 2.45. The first-order chi connectivity index (χ1) is 8.50. The summed E-state index contributed by atoms with van der Waals surface area (Å²) in [4.78, 5) is 15.3. The molecule has 0 aliphatic heterocycles. The number of hydrogen-bond acceptors (Lipinski definition) is 6. The molecule has 6 nitrogen and oxygen atoms in total. The van der Waals surface area contributed by atoms with Gasteiger partial charge in [-0.15, -0.1) is 16.4 Å². The second-order valence-electron chi connectivity index (χ2n) is 4.19. The van der Waals surface area contributed by atoms with Crippen LogP contribution in [0.3, 0.4) is 0 Å². The van der Waals surface area contributed by atoms with Gasteiger partial charge in [-0.3, -0.25) is 0 Å². The smallest absolute Gasteiger partial charge is 0.339 e. The third-order valence-corrected chi connectivity index (χ3v) is 3.45. The zero-order valence-corrected chi connectivity index (χ0v) is 10.7. The molecule has 2 rings (SSSR count). The Morgan fingerprint density at radius 2 is 2.22 bits per heavy atom. The lowest BCUT2D eigenvalue weighted by atomic mass is 10.1.